The highest BCUT2D eigenvalue weighted by Crippen LogP contribution is 2.22. The number of aromatic nitrogens is 2. The molecule has 3 aromatic rings. The van der Waals surface area contributed by atoms with Crippen molar-refractivity contribution in [1.82, 2.24) is 14.9 Å². The van der Waals surface area contributed by atoms with Gasteiger partial charge in [-0.2, -0.15) is 0 Å². The Morgan fingerprint density at radius 3 is 2.55 bits per heavy atom. The molecule has 1 aromatic heterocycles. The van der Waals surface area contributed by atoms with E-state index in [2.05, 4.69) is 10.3 Å². The van der Waals surface area contributed by atoms with Crippen LogP contribution in [0.5, 0.6) is 0 Å². The third-order valence-corrected chi connectivity index (χ3v) is 3.93. The molecule has 0 radical (unpaired) electrons. The Morgan fingerprint density at radius 1 is 1.05 bits per heavy atom. The maximum Gasteiger partial charge on any atom is 0.289 e. The zero-order valence-corrected chi connectivity index (χ0v) is 11.9. The Hall–Kier alpha value is -2.95. The summed E-state index contributed by atoms with van der Waals surface area (Å²) in [6.07, 6.45) is -0.507. The van der Waals surface area contributed by atoms with Gasteiger partial charge in [-0.25, -0.2) is 4.98 Å². The van der Waals surface area contributed by atoms with Crippen LogP contribution < -0.4 is 10.9 Å². The molecule has 1 amide bonds. The molecule has 1 aliphatic rings. The van der Waals surface area contributed by atoms with E-state index in [1.807, 2.05) is 31.2 Å². The van der Waals surface area contributed by atoms with Gasteiger partial charge in [-0.3, -0.25) is 14.2 Å². The third-order valence-electron chi connectivity index (χ3n) is 3.93. The minimum Gasteiger partial charge on any atom is -0.325 e. The first kappa shape index (κ1) is 12.8. The molecule has 1 aliphatic heterocycles. The van der Waals surface area contributed by atoms with Gasteiger partial charge >= 0.3 is 0 Å². The highest BCUT2D eigenvalue weighted by molar-refractivity contribution is 5.95. The van der Waals surface area contributed by atoms with E-state index in [-0.39, 0.29) is 17.3 Å². The Bertz CT molecular complexity index is 958. The number of carbonyl (C=O) groups excluding carboxylic acids is 1. The van der Waals surface area contributed by atoms with Crippen molar-refractivity contribution in [2.75, 3.05) is 0 Å². The van der Waals surface area contributed by atoms with Crippen LogP contribution in [0.1, 0.15) is 27.9 Å². The average Bonchev–Trinajstić information content (AvgIpc) is 2.86. The molecule has 1 N–H and O–H groups in total. The van der Waals surface area contributed by atoms with E-state index >= 15 is 0 Å². The first-order valence-corrected chi connectivity index (χ1v) is 7.04. The second-order valence-corrected chi connectivity index (χ2v) is 5.41. The Labute approximate surface area is 126 Å². The van der Waals surface area contributed by atoms with Crippen LogP contribution in [0, 0.1) is 6.92 Å². The van der Waals surface area contributed by atoms with Crippen molar-refractivity contribution in [3.05, 3.63) is 75.8 Å². The Morgan fingerprint density at radius 2 is 1.77 bits per heavy atom. The van der Waals surface area contributed by atoms with Gasteiger partial charge in [-0.1, -0.05) is 42.0 Å². The van der Waals surface area contributed by atoms with Gasteiger partial charge in [0.15, 0.2) is 0 Å². The summed E-state index contributed by atoms with van der Waals surface area (Å²) < 4.78 is 1.44. The van der Waals surface area contributed by atoms with Crippen LogP contribution in [0.15, 0.2) is 53.3 Å². The number of hydrogen-bond donors (Lipinski definition) is 1. The zero-order chi connectivity index (χ0) is 15.3. The normalized spacial score (nSPS) is 16.6. The predicted octanol–water partition coefficient (Wildman–Crippen LogP) is 2.00. The van der Waals surface area contributed by atoms with E-state index < -0.39 is 6.17 Å². The summed E-state index contributed by atoms with van der Waals surface area (Å²) in [6, 6.07) is 14.8. The van der Waals surface area contributed by atoms with Crippen LogP contribution in [0.2, 0.25) is 0 Å². The molecule has 0 saturated heterocycles. The Kier molecular flexibility index (Phi) is 2.63. The monoisotopic (exact) mass is 291 g/mol. The molecule has 1 atom stereocenters. The van der Waals surface area contributed by atoms with Gasteiger partial charge < -0.3 is 5.32 Å². The summed E-state index contributed by atoms with van der Waals surface area (Å²) in [4.78, 5) is 29.3. The SMILES string of the molecule is Cc1ccc([C@@H]2NC(=O)c3nc4ccccc4c(=O)n32)cc1. The molecule has 0 spiro atoms. The van der Waals surface area contributed by atoms with E-state index in [0.717, 1.165) is 11.1 Å². The second kappa shape index (κ2) is 4.53. The van der Waals surface area contributed by atoms with E-state index in [1.165, 1.54) is 4.57 Å². The van der Waals surface area contributed by atoms with Crippen molar-refractivity contribution in [3.8, 4) is 0 Å². The number of benzene rings is 2. The highest BCUT2D eigenvalue weighted by atomic mass is 16.2. The lowest BCUT2D eigenvalue weighted by atomic mass is 10.1. The summed E-state index contributed by atoms with van der Waals surface area (Å²) in [7, 11) is 0. The topological polar surface area (TPSA) is 64.0 Å². The lowest BCUT2D eigenvalue weighted by Crippen LogP contribution is -2.28. The number of aryl methyl sites for hydroxylation is 1. The highest BCUT2D eigenvalue weighted by Gasteiger charge is 2.32. The van der Waals surface area contributed by atoms with Gasteiger partial charge in [0.05, 0.1) is 10.9 Å². The summed E-state index contributed by atoms with van der Waals surface area (Å²) in [6.45, 7) is 1.99. The fourth-order valence-corrected chi connectivity index (χ4v) is 2.78. The van der Waals surface area contributed by atoms with Gasteiger partial charge in [0, 0.05) is 0 Å². The predicted molar refractivity (Wildman–Crippen MR) is 82.8 cm³/mol. The number of amides is 1. The molecule has 0 saturated carbocycles. The van der Waals surface area contributed by atoms with Crippen molar-refractivity contribution in [3.63, 3.8) is 0 Å². The fourth-order valence-electron chi connectivity index (χ4n) is 2.78. The molecule has 5 heteroatoms. The largest absolute Gasteiger partial charge is 0.325 e. The van der Waals surface area contributed by atoms with Gasteiger partial charge in [0.25, 0.3) is 11.5 Å². The third kappa shape index (κ3) is 1.75. The van der Waals surface area contributed by atoms with Crippen molar-refractivity contribution in [2.45, 2.75) is 13.1 Å². The van der Waals surface area contributed by atoms with Crippen molar-refractivity contribution in [2.24, 2.45) is 0 Å². The molecule has 0 bridgehead atoms. The molecule has 108 valence electrons. The number of nitrogens with one attached hydrogen (secondary N) is 1. The smallest absolute Gasteiger partial charge is 0.289 e. The summed E-state index contributed by atoms with van der Waals surface area (Å²) in [5.74, 6) is -0.164. The first-order chi connectivity index (χ1) is 10.6. The summed E-state index contributed by atoms with van der Waals surface area (Å²) >= 11 is 0. The minimum absolute atomic E-state index is 0.161. The molecule has 2 heterocycles. The standard InChI is InChI=1S/C17H13N3O2/c1-10-6-8-11(9-7-10)14-19-16(21)15-18-13-5-3-2-4-12(13)17(22)20(14)15/h2-9,14H,1H3,(H,19,21)/t14-/m1/s1. The van der Waals surface area contributed by atoms with Crippen LogP contribution in [0.4, 0.5) is 0 Å². The van der Waals surface area contributed by atoms with E-state index in [1.54, 1.807) is 24.3 Å². The van der Waals surface area contributed by atoms with Crippen LogP contribution in [-0.2, 0) is 0 Å². The lowest BCUT2D eigenvalue weighted by Gasteiger charge is -2.14. The summed E-state index contributed by atoms with van der Waals surface area (Å²) in [5, 5.41) is 3.35. The first-order valence-electron chi connectivity index (χ1n) is 7.04. The van der Waals surface area contributed by atoms with Crippen molar-refractivity contribution < 1.29 is 4.79 Å². The fraction of sp³-hybridized carbons (Fsp3) is 0.118. The van der Waals surface area contributed by atoms with E-state index in [4.69, 9.17) is 0 Å². The molecular formula is C17H13N3O2. The number of carbonyl (C=O) groups is 1. The van der Waals surface area contributed by atoms with Crippen LogP contribution in [-0.4, -0.2) is 15.5 Å². The molecule has 5 nitrogen and oxygen atoms in total. The molecule has 4 rings (SSSR count). The number of fused-ring (bicyclic) bond motifs is 2. The van der Waals surface area contributed by atoms with Gasteiger partial charge in [-0.05, 0) is 24.6 Å². The Balaban J connectivity index is 1.99. The van der Waals surface area contributed by atoms with Crippen LogP contribution >= 0.6 is 0 Å². The quantitative estimate of drug-likeness (QED) is 0.746. The molecular weight excluding hydrogens is 278 g/mol. The number of hydrogen-bond acceptors (Lipinski definition) is 3. The molecule has 0 aliphatic carbocycles. The maximum absolute atomic E-state index is 12.7. The molecule has 0 unspecified atom stereocenters. The van der Waals surface area contributed by atoms with Crippen LogP contribution in [0.3, 0.4) is 0 Å². The number of para-hydroxylation sites is 1. The molecule has 2 aromatic carbocycles. The number of rotatable bonds is 1. The minimum atomic E-state index is -0.507. The summed E-state index contributed by atoms with van der Waals surface area (Å²) in [5.41, 5.74) is 2.32. The lowest BCUT2D eigenvalue weighted by molar-refractivity contribution is 0.0956. The van der Waals surface area contributed by atoms with E-state index in [9.17, 15) is 9.59 Å². The molecule has 0 fully saturated rings. The average molecular weight is 291 g/mol. The second-order valence-electron chi connectivity index (χ2n) is 5.41. The van der Waals surface area contributed by atoms with Gasteiger partial charge in [0.2, 0.25) is 5.82 Å². The van der Waals surface area contributed by atoms with Gasteiger partial charge in [0.1, 0.15) is 6.17 Å². The van der Waals surface area contributed by atoms with Crippen molar-refractivity contribution in [1.29, 1.82) is 0 Å². The van der Waals surface area contributed by atoms with Gasteiger partial charge in [-0.15, -0.1) is 0 Å². The van der Waals surface area contributed by atoms with E-state index in [0.29, 0.717) is 10.9 Å². The maximum atomic E-state index is 12.7. The molecule has 22 heavy (non-hydrogen) atoms. The number of nitrogens with zero attached hydrogens (tertiary/aromatic N) is 2. The van der Waals surface area contributed by atoms with Crippen LogP contribution in [0.25, 0.3) is 10.9 Å². The van der Waals surface area contributed by atoms with Crippen molar-refractivity contribution >= 4 is 16.8 Å². The zero-order valence-electron chi connectivity index (χ0n) is 11.9.